The van der Waals surface area contributed by atoms with Crippen molar-refractivity contribution in [2.75, 3.05) is 0 Å². The van der Waals surface area contributed by atoms with Crippen LogP contribution in [0.5, 0.6) is 0 Å². The van der Waals surface area contributed by atoms with Gasteiger partial charge >= 0.3 is 5.97 Å². The second-order valence-electron chi connectivity index (χ2n) is 2.21. The molecular formula is C8H8ClNO2. The molecule has 3 nitrogen and oxygen atoms in total. The molecule has 0 unspecified atom stereocenters. The molecule has 12 heavy (non-hydrogen) atoms. The maximum atomic E-state index is 10.4. The van der Waals surface area contributed by atoms with Gasteiger partial charge in [-0.2, -0.15) is 0 Å². The SMILES string of the molecule is CC(=O)OCc1ncccc1Cl. The van der Waals surface area contributed by atoms with Crippen LogP contribution in [0.4, 0.5) is 0 Å². The number of pyridine rings is 1. The van der Waals surface area contributed by atoms with E-state index in [4.69, 9.17) is 16.3 Å². The van der Waals surface area contributed by atoms with Gasteiger partial charge in [-0.25, -0.2) is 0 Å². The minimum absolute atomic E-state index is 0.134. The molecule has 0 amide bonds. The van der Waals surface area contributed by atoms with Crippen LogP contribution in [0, 0.1) is 0 Å². The van der Waals surface area contributed by atoms with Crippen molar-refractivity contribution in [3.63, 3.8) is 0 Å². The van der Waals surface area contributed by atoms with E-state index in [-0.39, 0.29) is 12.6 Å². The van der Waals surface area contributed by atoms with Crippen molar-refractivity contribution in [1.82, 2.24) is 4.98 Å². The highest BCUT2D eigenvalue weighted by atomic mass is 35.5. The molecule has 0 aromatic carbocycles. The molecule has 0 atom stereocenters. The molecule has 1 aromatic heterocycles. The Morgan fingerprint density at radius 1 is 1.75 bits per heavy atom. The summed E-state index contributed by atoms with van der Waals surface area (Å²) in [6, 6.07) is 3.42. The maximum absolute atomic E-state index is 10.4. The molecule has 64 valence electrons. The first-order chi connectivity index (χ1) is 5.70. The summed E-state index contributed by atoms with van der Waals surface area (Å²) in [5, 5.41) is 0.513. The van der Waals surface area contributed by atoms with E-state index in [1.807, 2.05) is 0 Å². The summed E-state index contributed by atoms with van der Waals surface area (Å²) < 4.78 is 4.72. The van der Waals surface area contributed by atoms with Gasteiger partial charge in [-0.3, -0.25) is 9.78 Å². The molecule has 0 bridgehead atoms. The Hall–Kier alpha value is -1.09. The van der Waals surface area contributed by atoms with Crippen LogP contribution in [-0.4, -0.2) is 11.0 Å². The minimum Gasteiger partial charge on any atom is -0.459 e. The fraction of sp³-hybridized carbons (Fsp3) is 0.250. The van der Waals surface area contributed by atoms with Crippen molar-refractivity contribution in [2.24, 2.45) is 0 Å². The lowest BCUT2D eigenvalue weighted by Gasteiger charge is -2.01. The third kappa shape index (κ3) is 2.51. The number of aromatic nitrogens is 1. The highest BCUT2D eigenvalue weighted by Crippen LogP contribution is 2.12. The first-order valence-electron chi connectivity index (χ1n) is 3.43. The molecule has 0 aliphatic rings. The first-order valence-corrected chi connectivity index (χ1v) is 3.80. The maximum Gasteiger partial charge on any atom is 0.303 e. The van der Waals surface area contributed by atoms with Crippen molar-refractivity contribution < 1.29 is 9.53 Å². The number of esters is 1. The molecule has 0 radical (unpaired) electrons. The zero-order chi connectivity index (χ0) is 8.97. The average molecular weight is 186 g/mol. The summed E-state index contributed by atoms with van der Waals surface area (Å²) in [6.07, 6.45) is 1.60. The highest BCUT2D eigenvalue weighted by Gasteiger charge is 2.01. The van der Waals surface area contributed by atoms with Crippen molar-refractivity contribution in [3.8, 4) is 0 Å². The number of ether oxygens (including phenoxy) is 1. The lowest BCUT2D eigenvalue weighted by atomic mass is 10.4. The van der Waals surface area contributed by atoms with Gasteiger partial charge in [0, 0.05) is 13.1 Å². The van der Waals surface area contributed by atoms with Crippen molar-refractivity contribution >= 4 is 17.6 Å². The van der Waals surface area contributed by atoms with Gasteiger partial charge in [0.05, 0.1) is 10.7 Å². The molecule has 0 saturated heterocycles. The van der Waals surface area contributed by atoms with Gasteiger partial charge in [0.1, 0.15) is 6.61 Å². The predicted octanol–water partition coefficient (Wildman–Crippen LogP) is 1.80. The summed E-state index contributed by atoms with van der Waals surface area (Å²) in [5.74, 6) is -0.336. The van der Waals surface area contributed by atoms with E-state index in [1.54, 1.807) is 18.3 Å². The lowest BCUT2D eigenvalue weighted by Crippen LogP contribution is -2.00. The van der Waals surface area contributed by atoms with E-state index in [0.29, 0.717) is 10.7 Å². The minimum atomic E-state index is -0.336. The van der Waals surface area contributed by atoms with Crippen LogP contribution in [0.2, 0.25) is 5.02 Å². The second kappa shape index (κ2) is 4.07. The molecule has 0 saturated carbocycles. The van der Waals surface area contributed by atoms with Gasteiger partial charge in [-0.15, -0.1) is 0 Å². The smallest absolute Gasteiger partial charge is 0.303 e. The fourth-order valence-electron chi connectivity index (χ4n) is 0.695. The number of carbonyl (C=O) groups excluding carboxylic acids is 1. The Morgan fingerprint density at radius 3 is 3.08 bits per heavy atom. The number of halogens is 1. The zero-order valence-electron chi connectivity index (χ0n) is 6.58. The molecule has 1 aromatic rings. The van der Waals surface area contributed by atoms with E-state index < -0.39 is 0 Å². The standard InChI is InChI=1S/C8H8ClNO2/c1-6(11)12-5-8-7(9)3-2-4-10-8/h2-4H,5H2,1H3. The van der Waals surface area contributed by atoms with E-state index >= 15 is 0 Å². The Bertz CT molecular complexity index is 288. The Morgan fingerprint density at radius 2 is 2.50 bits per heavy atom. The Kier molecular flexibility index (Phi) is 3.05. The Labute approximate surface area is 75.3 Å². The molecule has 4 heteroatoms. The highest BCUT2D eigenvalue weighted by molar-refractivity contribution is 6.31. The first kappa shape index (κ1) is 9.00. The van der Waals surface area contributed by atoms with Crippen LogP contribution < -0.4 is 0 Å². The number of rotatable bonds is 2. The monoisotopic (exact) mass is 185 g/mol. The zero-order valence-corrected chi connectivity index (χ0v) is 7.34. The van der Waals surface area contributed by atoms with Gasteiger partial charge in [0.2, 0.25) is 0 Å². The molecular weight excluding hydrogens is 178 g/mol. The molecule has 0 aliphatic heterocycles. The molecule has 0 fully saturated rings. The van der Waals surface area contributed by atoms with Crippen molar-refractivity contribution in [1.29, 1.82) is 0 Å². The van der Waals surface area contributed by atoms with Gasteiger partial charge in [0.25, 0.3) is 0 Å². The quantitative estimate of drug-likeness (QED) is 0.660. The van der Waals surface area contributed by atoms with E-state index in [9.17, 15) is 4.79 Å². The molecule has 0 N–H and O–H groups in total. The van der Waals surface area contributed by atoms with E-state index in [2.05, 4.69) is 4.98 Å². The van der Waals surface area contributed by atoms with E-state index in [1.165, 1.54) is 6.92 Å². The molecule has 0 spiro atoms. The Balaban J connectivity index is 2.63. The number of nitrogens with zero attached hydrogens (tertiary/aromatic N) is 1. The number of hydrogen-bond donors (Lipinski definition) is 0. The topological polar surface area (TPSA) is 39.2 Å². The number of carbonyl (C=O) groups is 1. The van der Waals surface area contributed by atoms with Crippen LogP contribution in [-0.2, 0) is 16.1 Å². The van der Waals surface area contributed by atoms with Crippen molar-refractivity contribution in [3.05, 3.63) is 29.0 Å². The lowest BCUT2D eigenvalue weighted by molar-refractivity contribution is -0.142. The predicted molar refractivity (Wildman–Crippen MR) is 44.7 cm³/mol. The summed E-state index contributed by atoms with van der Waals surface area (Å²) in [4.78, 5) is 14.4. The van der Waals surface area contributed by atoms with E-state index in [0.717, 1.165) is 0 Å². The fourth-order valence-corrected chi connectivity index (χ4v) is 0.871. The van der Waals surface area contributed by atoms with Gasteiger partial charge < -0.3 is 4.74 Å². The van der Waals surface area contributed by atoms with Gasteiger partial charge in [0.15, 0.2) is 0 Å². The average Bonchev–Trinajstić information content (AvgIpc) is 2.03. The third-order valence-electron chi connectivity index (χ3n) is 1.25. The molecule has 0 aliphatic carbocycles. The van der Waals surface area contributed by atoms with Gasteiger partial charge in [-0.05, 0) is 12.1 Å². The summed E-state index contributed by atoms with van der Waals surface area (Å²) in [7, 11) is 0. The van der Waals surface area contributed by atoms with Crippen LogP contribution in [0.15, 0.2) is 18.3 Å². The van der Waals surface area contributed by atoms with Crippen LogP contribution in [0.1, 0.15) is 12.6 Å². The molecule has 1 rings (SSSR count). The number of hydrogen-bond acceptors (Lipinski definition) is 3. The summed E-state index contributed by atoms with van der Waals surface area (Å²) in [6.45, 7) is 1.48. The third-order valence-corrected chi connectivity index (χ3v) is 1.59. The van der Waals surface area contributed by atoms with Gasteiger partial charge in [-0.1, -0.05) is 11.6 Å². The van der Waals surface area contributed by atoms with Crippen molar-refractivity contribution in [2.45, 2.75) is 13.5 Å². The van der Waals surface area contributed by atoms with Crippen LogP contribution >= 0.6 is 11.6 Å². The molecule has 1 heterocycles. The summed E-state index contributed by atoms with van der Waals surface area (Å²) >= 11 is 5.75. The van der Waals surface area contributed by atoms with Crippen LogP contribution in [0.3, 0.4) is 0 Å². The van der Waals surface area contributed by atoms with Crippen LogP contribution in [0.25, 0.3) is 0 Å². The second-order valence-corrected chi connectivity index (χ2v) is 2.62. The summed E-state index contributed by atoms with van der Waals surface area (Å²) in [5.41, 5.74) is 0.578. The largest absolute Gasteiger partial charge is 0.459 e. The normalized spacial score (nSPS) is 9.50.